The van der Waals surface area contributed by atoms with Crippen LogP contribution in [0.3, 0.4) is 0 Å². The molecule has 0 saturated carbocycles. The van der Waals surface area contributed by atoms with Crippen LogP contribution in [0.15, 0.2) is 4.99 Å². The standard InChI is InChI=1S/C12H25N3O2.HI/c1-3-13-11(14-4-2)15-9-12(5-7-16)6-8-17-10-12;/h16H,3-10H2,1-2H3,(H2,13,14,15);1H. The van der Waals surface area contributed by atoms with Gasteiger partial charge in [-0.1, -0.05) is 0 Å². The quantitative estimate of drug-likeness (QED) is 0.370. The van der Waals surface area contributed by atoms with Crippen molar-refractivity contribution >= 4 is 29.9 Å². The lowest BCUT2D eigenvalue weighted by atomic mass is 9.84. The summed E-state index contributed by atoms with van der Waals surface area (Å²) in [6.07, 6.45) is 1.75. The van der Waals surface area contributed by atoms with Gasteiger partial charge in [-0.05, 0) is 26.7 Å². The highest BCUT2D eigenvalue weighted by molar-refractivity contribution is 14.0. The molecule has 1 saturated heterocycles. The molecule has 18 heavy (non-hydrogen) atoms. The number of aliphatic hydroxyl groups is 1. The number of rotatable bonds is 6. The third kappa shape index (κ3) is 5.71. The molecule has 1 rings (SSSR count). The molecule has 0 aromatic heterocycles. The van der Waals surface area contributed by atoms with Gasteiger partial charge < -0.3 is 20.5 Å². The van der Waals surface area contributed by atoms with E-state index in [-0.39, 0.29) is 36.0 Å². The van der Waals surface area contributed by atoms with Gasteiger partial charge in [0.1, 0.15) is 0 Å². The molecule has 0 amide bonds. The Bertz CT molecular complexity index is 235. The highest BCUT2D eigenvalue weighted by Crippen LogP contribution is 2.32. The van der Waals surface area contributed by atoms with E-state index in [1.165, 1.54) is 0 Å². The van der Waals surface area contributed by atoms with Gasteiger partial charge in [0.15, 0.2) is 5.96 Å². The molecule has 5 nitrogen and oxygen atoms in total. The van der Waals surface area contributed by atoms with Crippen LogP contribution in [0, 0.1) is 5.41 Å². The number of aliphatic hydroxyl groups excluding tert-OH is 1. The number of aliphatic imine (C=N–C) groups is 1. The van der Waals surface area contributed by atoms with Crippen LogP contribution < -0.4 is 10.6 Å². The molecular formula is C12H26IN3O2. The van der Waals surface area contributed by atoms with Crippen molar-refractivity contribution in [3.8, 4) is 0 Å². The molecule has 0 aliphatic carbocycles. The van der Waals surface area contributed by atoms with Crippen LogP contribution in [-0.4, -0.2) is 50.5 Å². The second kappa shape index (κ2) is 9.80. The van der Waals surface area contributed by atoms with Gasteiger partial charge in [-0.2, -0.15) is 0 Å². The highest BCUT2D eigenvalue weighted by atomic mass is 127. The van der Waals surface area contributed by atoms with Gasteiger partial charge in [-0.25, -0.2) is 0 Å². The van der Waals surface area contributed by atoms with E-state index in [2.05, 4.69) is 29.5 Å². The van der Waals surface area contributed by atoms with Crippen LogP contribution in [0.1, 0.15) is 26.7 Å². The number of ether oxygens (including phenoxy) is 1. The Balaban J connectivity index is 0.00000289. The Kier molecular flexibility index (Phi) is 9.76. The Morgan fingerprint density at radius 1 is 1.33 bits per heavy atom. The van der Waals surface area contributed by atoms with Crippen molar-refractivity contribution in [2.24, 2.45) is 10.4 Å². The number of guanidine groups is 1. The minimum Gasteiger partial charge on any atom is -0.396 e. The molecule has 0 aromatic carbocycles. The summed E-state index contributed by atoms with van der Waals surface area (Å²) in [5.74, 6) is 0.846. The lowest BCUT2D eigenvalue weighted by molar-refractivity contribution is 0.131. The first-order valence-electron chi connectivity index (χ1n) is 6.47. The van der Waals surface area contributed by atoms with E-state index in [0.717, 1.165) is 38.5 Å². The number of hydrogen-bond acceptors (Lipinski definition) is 3. The Morgan fingerprint density at radius 3 is 2.44 bits per heavy atom. The number of nitrogens with zero attached hydrogens (tertiary/aromatic N) is 1. The molecule has 1 unspecified atom stereocenters. The summed E-state index contributed by atoms with van der Waals surface area (Å²) in [6.45, 7) is 8.23. The molecule has 0 aromatic rings. The van der Waals surface area contributed by atoms with Gasteiger partial charge in [0.25, 0.3) is 0 Å². The van der Waals surface area contributed by atoms with Crippen molar-refractivity contribution in [3.63, 3.8) is 0 Å². The summed E-state index contributed by atoms with van der Waals surface area (Å²) in [5, 5.41) is 15.5. The van der Waals surface area contributed by atoms with Gasteiger partial charge >= 0.3 is 0 Å². The largest absolute Gasteiger partial charge is 0.396 e. The van der Waals surface area contributed by atoms with E-state index in [4.69, 9.17) is 9.84 Å². The number of hydrogen-bond donors (Lipinski definition) is 3. The van der Waals surface area contributed by atoms with Crippen molar-refractivity contribution < 1.29 is 9.84 Å². The zero-order valence-electron chi connectivity index (χ0n) is 11.4. The van der Waals surface area contributed by atoms with E-state index >= 15 is 0 Å². The molecule has 108 valence electrons. The molecule has 0 bridgehead atoms. The van der Waals surface area contributed by atoms with E-state index in [1.807, 2.05) is 0 Å². The molecule has 1 aliphatic rings. The van der Waals surface area contributed by atoms with Crippen molar-refractivity contribution in [3.05, 3.63) is 0 Å². The fourth-order valence-corrected chi connectivity index (χ4v) is 2.04. The summed E-state index contributed by atoms with van der Waals surface area (Å²) >= 11 is 0. The number of halogens is 1. The molecule has 0 radical (unpaired) electrons. The smallest absolute Gasteiger partial charge is 0.191 e. The van der Waals surface area contributed by atoms with Crippen LogP contribution >= 0.6 is 24.0 Å². The summed E-state index contributed by atoms with van der Waals surface area (Å²) < 4.78 is 5.44. The average Bonchev–Trinajstić information content (AvgIpc) is 2.76. The van der Waals surface area contributed by atoms with Crippen LogP contribution in [0.4, 0.5) is 0 Å². The molecule has 6 heteroatoms. The predicted molar refractivity (Wildman–Crippen MR) is 84.6 cm³/mol. The molecule has 1 fully saturated rings. The van der Waals surface area contributed by atoms with Crippen LogP contribution in [0.2, 0.25) is 0 Å². The molecule has 3 N–H and O–H groups in total. The zero-order chi connectivity index (χ0) is 12.6. The third-order valence-electron chi connectivity index (χ3n) is 3.09. The van der Waals surface area contributed by atoms with Gasteiger partial charge in [-0.3, -0.25) is 4.99 Å². The maximum Gasteiger partial charge on any atom is 0.191 e. The second-order valence-corrected chi connectivity index (χ2v) is 4.50. The van der Waals surface area contributed by atoms with Gasteiger partial charge in [0.05, 0.1) is 13.2 Å². The lowest BCUT2D eigenvalue weighted by Crippen LogP contribution is -2.38. The SMILES string of the molecule is CCNC(=NCC1(CCO)CCOC1)NCC.I. The molecule has 1 atom stereocenters. The molecular weight excluding hydrogens is 345 g/mol. The van der Waals surface area contributed by atoms with Crippen molar-refractivity contribution in [1.29, 1.82) is 0 Å². The normalized spacial score (nSPS) is 22.2. The first-order valence-corrected chi connectivity index (χ1v) is 6.47. The van der Waals surface area contributed by atoms with E-state index in [9.17, 15) is 0 Å². The van der Waals surface area contributed by atoms with Gasteiger partial charge in [0, 0.05) is 31.7 Å². The van der Waals surface area contributed by atoms with Crippen LogP contribution in [0.25, 0.3) is 0 Å². The monoisotopic (exact) mass is 371 g/mol. The summed E-state index contributed by atoms with van der Waals surface area (Å²) in [4.78, 5) is 4.58. The lowest BCUT2D eigenvalue weighted by Gasteiger charge is -2.24. The van der Waals surface area contributed by atoms with Gasteiger partial charge in [-0.15, -0.1) is 24.0 Å². The maximum atomic E-state index is 9.13. The molecule has 1 aliphatic heterocycles. The summed E-state index contributed by atoms with van der Waals surface area (Å²) in [5.41, 5.74) is 0.0326. The first kappa shape index (κ1) is 17.9. The fraction of sp³-hybridized carbons (Fsp3) is 0.917. The van der Waals surface area contributed by atoms with E-state index in [1.54, 1.807) is 0 Å². The number of nitrogens with one attached hydrogen (secondary N) is 2. The van der Waals surface area contributed by atoms with E-state index in [0.29, 0.717) is 13.2 Å². The zero-order valence-corrected chi connectivity index (χ0v) is 13.7. The molecule has 1 heterocycles. The average molecular weight is 371 g/mol. The second-order valence-electron chi connectivity index (χ2n) is 4.50. The Labute approximate surface area is 127 Å². The Morgan fingerprint density at radius 2 is 2.00 bits per heavy atom. The summed E-state index contributed by atoms with van der Waals surface area (Å²) in [7, 11) is 0. The minimum atomic E-state index is 0. The topological polar surface area (TPSA) is 65.9 Å². The van der Waals surface area contributed by atoms with E-state index < -0.39 is 0 Å². The van der Waals surface area contributed by atoms with Crippen LogP contribution in [-0.2, 0) is 4.74 Å². The van der Waals surface area contributed by atoms with Crippen molar-refractivity contribution in [2.75, 3.05) is 39.5 Å². The van der Waals surface area contributed by atoms with Crippen molar-refractivity contribution in [1.82, 2.24) is 10.6 Å². The maximum absolute atomic E-state index is 9.13. The highest BCUT2D eigenvalue weighted by Gasteiger charge is 2.34. The minimum absolute atomic E-state index is 0. The van der Waals surface area contributed by atoms with Gasteiger partial charge in [0.2, 0.25) is 0 Å². The molecule has 0 spiro atoms. The van der Waals surface area contributed by atoms with Crippen LogP contribution in [0.5, 0.6) is 0 Å². The predicted octanol–water partition coefficient (Wildman–Crippen LogP) is 0.968. The van der Waals surface area contributed by atoms with Crippen molar-refractivity contribution in [2.45, 2.75) is 26.7 Å². The third-order valence-corrected chi connectivity index (χ3v) is 3.09. The Hall–Kier alpha value is -0.0800. The summed E-state index contributed by atoms with van der Waals surface area (Å²) in [6, 6.07) is 0. The first-order chi connectivity index (χ1) is 8.26. The fourth-order valence-electron chi connectivity index (χ4n) is 2.04.